The molecule has 0 aliphatic heterocycles. The summed E-state index contributed by atoms with van der Waals surface area (Å²) >= 11 is 0. The summed E-state index contributed by atoms with van der Waals surface area (Å²) in [5.74, 6) is -2.19. The lowest BCUT2D eigenvalue weighted by atomic mass is 10.0. The van der Waals surface area contributed by atoms with Gasteiger partial charge in [0.15, 0.2) is 0 Å². The molecule has 140 valence electrons. The number of esters is 1. The summed E-state index contributed by atoms with van der Waals surface area (Å²) < 4.78 is 46.4. The number of rotatable bonds is 4. The average Bonchev–Trinajstić information content (AvgIpc) is 2.96. The van der Waals surface area contributed by atoms with Crippen molar-refractivity contribution in [3.05, 3.63) is 48.2 Å². The van der Waals surface area contributed by atoms with Gasteiger partial charge >= 0.3 is 12.3 Å². The molecule has 1 aromatic heterocycles. The van der Waals surface area contributed by atoms with E-state index in [9.17, 15) is 22.8 Å². The van der Waals surface area contributed by atoms with Crippen molar-refractivity contribution in [2.24, 2.45) is 7.05 Å². The Morgan fingerprint density at radius 1 is 1.04 bits per heavy atom. The van der Waals surface area contributed by atoms with Crippen LogP contribution in [0.2, 0.25) is 0 Å². The molecule has 0 atom stereocenters. The highest BCUT2D eigenvalue weighted by Crippen LogP contribution is 2.29. The molecule has 0 aliphatic rings. The summed E-state index contributed by atoms with van der Waals surface area (Å²) in [6.07, 6.45) is -4.75. The monoisotopic (exact) mass is 378 g/mol. The van der Waals surface area contributed by atoms with Crippen LogP contribution in [0.3, 0.4) is 0 Å². The fourth-order valence-electron chi connectivity index (χ4n) is 2.64. The second-order valence-corrected chi connectivity index (χ2v) is 5.60. The number of benzene rings is 2. The summed E-state index contributed by atoms with van der Waals surface area (Å²) in [6.45, 7) is 0. The van der Waals surface area contributed by atoms with E-state index in [0.29, 0.717) is 22.0 Å². The van der Waals surface area contributed by atoms with Gasteiger partial charge in [0.05, 0.1) is 12.6 Å². The number of ether oxygens (including phenoxy) is 2. The third-order valence-electron chi connectivity index (χ3n) is 3.86. The zero-order chi connectivity index (χ0) is 19.8. The number of fused-ring (bicyclic) bond motifs is 1. The number of Topliss-reactive ketones (excluding diaryl/α,β-unsaturated/α-hetero) is 1. The van der Waals surface area contributed by atoms with Crippen LogP contribution in [0.25, 0.3) is 22.0 Å². The number of aryl methyl sites for hydroxylation is 1. The predicted molar refractivity (Wildman–Crippen MR) is 89.2 cm³/mol. The lowest BCUT2D eigenvalue weighted by molar-refractivity contribution is -0.274. The fourth-order valence-corrected chi connectivity index (χ4v) is 2.64. The smallest absolute Gasteiger partial charge is 0.463 e. The number of ketones is 1. The molecule has 0 saturated heterocycles. The largest absolute Gasteiger partial charge is 0.573 e. The molecule has 0 spiro atoms. The summed E-state index contributed by atoms with van der Waals surface area (Å²) in [7, 11) is 2.72. The van der Waals surface area contributed by atoms with Gasteiger partial charge in [-0.25, -0.2) is 4.79 Å². The Hall–Kier alpha value is -3.36. The molecule has 9 heteroatoms. The van der Waals surface area contributed by atoms with Crippen molar-refractivity contribution in [1.29, 1.82) is 0 Å². The Morgan fingerprint density at radius 3 is 2.26 bits per heavy atom. The van der Waals surface area contributed by atoms with Gasteiger partial charge in [0.1, 0.15) is 11.4 Å². The molecule has 3 aromatic rings. The molecule has 0 unspecified atom stereocenters. The fraction of sp³-hybridized carbons (Fsp3) is 0.167. The number of methoxy groups -OCH3 is 1. The first-order valence-corrected chi connectivity index (χ1v) is 7.65. The minimum Gasteiger partial charge on any atom is -0.463 e. The van der Waals surface area contributed by atoms with E-state index in [1.54, 1.807) is 25.2 Å². The molecule has 3 rings (SSSR count). The molecular formula is C18H13F3N2O4. The molecule has 27 heavy (non-hydrogen) atoms. The Labute approximate surface area is 151 Å². The number of nitrogens with zero attached hydrogens (tertiary/aromatic N) is 2. The Bertz CT molecular complexity index is 1020. The summed E-state index contributed by atoms with van der Waals surface area (Å²) in [6, 6.07) is 10.4. The maximum atomic E-state index is 12.2. The van der Waals surface area contributed by atoms with Crippen LogP contribution in [0.1, 0.15) is 10.5 Å². The SMILES string of the molecule is COC(=O)C(=O)c1nn(C)c2cc(-c3ccc(OC(F)(F)F)cc3)ccc12. The van der Waals surface area contributed by atoms with Gasteiger partial charge in [-0.05, 0) is 35.4 Å². The van der Waals surface area contributed by atoms with Crippen molar-refractivity contribution in [2.45, 2.75) is 6.36 Å². The predicted octanol–water partition coefficient (Wildman–Crippen LogP) is 3.49. The third-order valence-corrected chi connectivity index (χ3v) is 3.86. The van der Waals surface area contributed by atoms with Crippen molar-refractivity contribution in [1.82, 2.24) is 9.78 Å². The third kappa shape index (κ3) is 3.76. The van der Waals surface area contributed by atoms with Crippen LogP contribution in [-0.4, -0.2) is 35.0 Å². The minimum atomic E-state index is -4.75. The van der Waals surface area contributed by atoms with Gasteiger partial charge in [0, 0.05) is 12.4 Å². The van der Waals surface area contributed by atoms with Crippen LogP contribution in [0.4, 0.5) is 13.2 Å². The van der Waals surface area contributed by atoms with E-state index in [-0.39, 0.29) is 11.4 Å². The zero-order valence-electron chi connectivity index (χ0n) is 14.2. The molecule has 0 amide bonds. The second kappa shape index (κ2) is 6.75. The lowest BCUT2D eigenvalue weighted by Gasteiger charge is -2.09. The van der Waals surface area contributed by atoms with Gasteiger partial charge < -0.3 is 9.47 Å². The quantitative estimate of drug-likeness (QED) is 0.395. The molecule has 0 bridgehead atoms. The highest BCUT2D eigenvalue weighted by molar-refractivity contribution is 6.42. The van der Waals surface area contributed by atoms with E-state index < -0.39 is 18.1 Å². The number of carbonyl (C=O) groups is 2. The maximum Gasteiger partial charge on any atom is 0.573 e. The first kappa shape index (κ1) is 18.4. The first-order valence-electron chi connectivity index (χ1n) is 7.65. The molecule has 0 aliphatic carbocycles. The maximum absolute atomic E-state index is 12.2. The van der Waals surface area contributed by atoms with Crippen molar-refractivity contribution in [3.63, 3.8) is 0 Å². The molecule has 2 aromatic carbocycles. The van der Waals surface area contributed by atoms with Crippen molar-refractivity contribution >= 4 is 22.7 Å². The van der Waals surface area contributed by atoms with E-state index in [0.717, 1.165) is 7.11 Å². The summed E-state index contributed by atoms with van der Waals surface area (Å²) in [5.41, 5.74) is 1.89. The highest BCUT2D eigenvalue weighted by Gasteiger charge is 2.31. The van der Waals surface area contributed by atoms with E-state index in [2.05, 4.69) is 14.6 Å². The Morgan fingerprint density at radius 2 is 1.67 bits per heavy atom. The molecule has 1 heterocycles. The van der Waals surface area contributed by atoms with E-state index >= 15 is 0 Å². The van der Waals surface area contributed by atoms with Crippen molar-refractivity contribution < 1.29 is 32.2 Å². The number of hydrogen-bond donors (Lipinski definition) is 0. The van der Waals surface area contributed by atoms with Gasteiger partial charge in [-0.15, -0.1) is 13.2 Å². The van der Waals surface area contributed by atoms with Crippen LogP contribution in [0, 0.1) is 0 Å². The number of alkyl halides is 3. The number of aromatic nitrogens is 2. The van der Waals surface area contributed by atoms with Gasteiger partial charge in [0.2, 0.25) is 0 Å². The molecule has 0 radical (unpaired) electrons. The molecule has 0 saturated carbocycles. The van der Waals surface area contributed by atoms with Crippen molar-refractivity contribution in [2.75, 3.05) is 7.11 Å². The lowest BCUT2D eigenvalue weighted by Crippen LogP contribution is -2.16. The number of carbonyl (C=O) groups excluding carboxylic acids is 2. The molecule has 0 fully saturated rings. The topological polar surface area (TPSA) is 70.4 Å². The van der Waals surface area contributed by atoms with Gasteiger partial charge in [-0.1, -0.05) is 18.2 Å². The van der Waals surface area contributed by atoms with Crippen LogP contribution < -0.4 is 4.74 Å². The zero-order valence-corrected chi connectivity index (χ0v) is 14.2. The van der Waals surface area contributed by atoms with Gasteiger partial charge in [-0.3, -0.25) is 9.48 Å². The van der Waals surface area contributed by atoms with Gasteiger partial charge in [0.25, 0.3) is 5.78 Å². The van der Waals surface area contributed by atoms with Crippen LogP contribution in [0.15, 0.2) is 42.5 Å². The minimum absolute atomic E-state index is 0.0279. The highest BCUT2D eigenvalue weighted by atomic mass is 19.4. The van der Waals surface area contributed by atoms with Crippen molar-refractivity contribution in [3.8, 4) is 16.9 Å². The van der Waals surface area contributed by atoms with Crippen LogP contribution in [-0.2, 0) is 16.6 Å². The summed E-state index contributed by atoms with van der Waals surface area (Å²) in [4.78, 5) is 23.5. The second-order valence-electron chi connectivity index (χ2n) is 5.60. The number of halogens is 3. The molecular weight excluding hydrogens is 365 g/mol. The first-order chi connectivity index (χ1) is 12.7. The summed E-state index contributed by atoms with van der Waals surface area (Å²) in [5, 5.41) is 4.54. The van der Waals surface area contributed by atoms with E-state index in [1.807, 2.05) is 0 Å². The molecule has 0 N–H and O–H groups in total. The Kier molecular flexibility index (Phi) is 4.61. The standard InChI is InChI=1S/C18H13F3N2O4/c1-23-14-9-11(10-3-6-12(7-4-10)27-18(19,20)21)5-8-13(14)15(22-23)16(24)17(25)26-2/h3-9H,1-2H3. The Balaban J connectivity index is 1.97. The van der Waals surface area contributed by atoms with Crippen LogP contribution >= 0.6 is 0 Å². The van der Waals surface area contributed by atoms with E-state index in [4.69, 9.17) is 0 Å². The van der Waals surface area contributed by atoms with E-state index in [1.165, 1.54) is 28.9 Å². The number of hydrogen-bond acceptors (Lipinski definition) is 5. The van der Waals surface area contributed by atoms with Gasteiger partial charge in [-0.2, -0.15) is 5.10 Å². The molecule has 6 nitrogen and oxygen atoms in total. The van der Waals surface area contributed by atoms with Crippen LogP contribution in [0.5, 0.6) is 5.75 Å². The normalized spacial score (nSPS) is 11.4. The average molecular weight is 378 g/mol.